The lowest BCUT2D eigenvalue weighted by atomic mass is 10.1. The summed E-state index contributed by atoms with van der Waals surface area (Å²) in [6, 6.07) is 3.14. The molecule has 26 heavy (non-hydrogen) atoms. The van der Waals surface area contributed by atoms with Crippen LogP contribution in [0.15, 0.2) is 22.7 Å². The van der Waals surface area contributed by atoms with E-state index in [0.29, 0.717) is 0 Å². The summed E-state index contributed by atoms with van der Waals surface area (Å²) in [6.07, 6.45) is -14.6. The standard InChI is InChI=1S/C12H7BrF6N4O3/c13-5-3-4(7-8(9(20)24)22-23-21-7)1-2-6(5)25-11(15,16)10(14)26-12(17,18)19/h1-3,10H,(H2,20,24)(H,21,22,23). The number of hydrogen-bond donors (Lipinski definition) is 2. The second-order valence-corrected chi connectivity index (χ2v) is 5.43. The minimum absolute atomic E-state index is 0.0136. The molecule has 0 bridgehead atoms. The number of aromatic amines is 1. The monoisotopic (exact) mass is 448 g/mol. The van der Waals surface area contributed by atoms with Gasteiger partial charge in [-0.25, -0.2) is 9.13 Å². The highest BCUT2D eigenvalue weighted by Gasteiger charge is 2.50. The van der Waals surface area contributed by atoms with Gasteiger partial charge < -0.3 is 10.5 Å². The Kier molecular flexibility index (Phi) is 5.46. The molecule has 142 valence electrons. The first kappa shape index (κ1) is 20.0. The molecule has 2 rings (SSSR count). The average molecular weight is 449 g/mol. The number of benzene rings is 1. The van der Waals surface area contributed by atoms with Gasteiger partial charge in [0.1, 0.15) is 11.4 Å². The molecule has 1 heterocycles. The fourth-order valence-corrected chi connectivity index (χ4v) is 2.17. The molecule has 0 spiro atoms. The van der Waals surface area contributed by atoms with Crippen LogP contribution in [0.2, 0.25) is 0 Å². The Balaban J connectivity index is 2.24. The van der Waals surface area contributed by atoms with E-state index in [9.17, 15) is 31.1 Å². The SMILES string of the molecule is NC(=O)c1n[nH]nc1-c1ccc(OC(F)(F)C(F)OC(F)(F)F)c(Br)c1. The third-order valence-electron chi connectivity index (χ3n) is 2.73. The van der Waals surface area contributed by atoms with Crippen molar-refractivity contribution in [3.8, 4) is 17.0 Å². The molecular formula is C12H7BrF6N4O3. The van der Waals surface area contributed by atoms with Gasteiger partial charge in [-0.1, -0.05) is 0 Å². The smallest absolute Gasteiger partial charge is 0.427 e. The molecule has 0 radical (unpaired) electrons. The predicted octanol–water partition coefficient (Wildman–Crippen LogP) is 3.14. The van der Waals surface area contributed by atoms with Crippen LogP contribution < -0.4 is 10.5 Å². The fourth-order valence-electron chi connectivity index (χ4n) is 1.71. The molecule has 1 amide bonds. The molecule has 0 saturated carbocycles. The summed E-state index contributed by atoms with van der Waals surface area (Å²) < 4.78 is 81.8. The maximum absolute atomic E-state index is 13.4. The van der Waals surface area contributed by atoms with Crippen molar-refractivity contribution in [1.29, 1.82) is 0 Å². The molecule has 0 saturated heterocycles. The lowest BCUT2D eigenvalue weighted by molar-refractivity contribution is -0.411. The van der Waals surface area contributed by atoms with Crippen LogP contribution in [-0.2, 0) is 4.74 Å². The topological polar surface area (TPSA) is 103 Å². The number of ether oxygens (including phenoxy) is 2. The molecule has 1 aromatic heterocycles. The van der Waals surface area contributed by atoms with Gasteiger partial charge in [-0.15, -0.1) is 13.2 Å². The molecule has 0 fully saturated rings. The minimum atomic E-state index is -5.62. The van der Waals surface area contributed by atoms with Crippen molar-refractivity contribution in [2.75, 3.05) is 0 Å². The van der Waals surface area contributed by atoms with Crippen molar-refractivity contribution in [3.05, 3.63) is 28.4 Å². The minimum Gasteiger partial charge on any atom is -0.427 e. The van der Waals surface area contributed by atoms with Crippen molar-refractivity contribution in [1.82, 2.24) is 15.4 Å². The van der Waals surface area contributed by atoms with Gasteiger partial charge in [-0.3, -0.25) is 4.79 Å². The number of hydrogen-bond acceptors (Lipinski definition) is 5. The van der Waals surface area contributed by atoms with Crippen molar-refractivity contribution in [3.63, 3.8) is 0 Å². The van der Waals surface area contributed by atoms with Gasteiger partial charge in [0.25, 0.3) is 5.91 Å². The van der Waals surface area contributed by atoms with Crippen LogP contribution in [-0.4, -0.2) is 40.1 Å². The number of H-pyrrole nitrogens is 1. The number of amides is 1. The third kappa shape index (κ3) is 4.63. The maximum atomic E-state index is 13.4. The molecule has 3 N–H and O–H groups in total. The number of primary amides is 1. The lowest BCUT2D eigenvalue weighted by Crippen LogP contribution is -2.41. The second-order valence-electron chi connectivity index (χ2n) is 4.57. The number of halogens is 7. The summed E-state index contributed by atoms with van der Waals surface area (Å²) >= 11 is 2.84. The molecule has 0 aliphatic rings. The van der Waals surface area contributed by atoms with E-state index in [2.05, 4.69) is 40.8 Å². The number of rotatable bonds is 6. The number of nitrogens with two attached hydrogens (primary N) is 1. The van der Waals surface area contributed by atoms with Crippen molar-refractivity contribution < 1.29 is 40.6 Å². The first-order valence-corrected chi connectivity index (χ1v) is 7.16. The van der Waals surface area contributed by atoms with Gasteiger partial charge in [0.15, 0.2) is 5.69 Å². The molecule has 1 atom stereocenters. The van der Waals surface area contributed by atoms with Gasteiger partial charge in [-0.2, -0.15) is 24.2 Å². The van der Waals surface area contributed by atoms with Crippen molar-refractivity contribution in [2.45, 2.75) is 18.8 Å². The molecular weight excluding hydrogens is 442 g/mol. The number of carbonyl (C=O) groups is 1. The summed E-state index contributed by atoms with van der Waals surface area (Å²) in [5.41, 5.74) is 5.01. The molecule has 1 aromatic carbocycles. The van der Waals surface area contributed by atoms with E-state index in [1.807, 2.05) is 0 Å². The summed E-state index contributed by atoms with van der Waals surface area (Å²) in [5, 5.41) is 9.33. The van der Waals surface area contributed by atoms with E-state index in [-0.39, 0.29) is 21.4 Å². The Labute approximate surface area is 148 Å². The number of nitrogens with one attached hydrogen (secondary N) is 1. The van der Waals surface area contributed by atoms with Crippen LogP contribution in [0.1, 0.15) is 10.5 Å². The highest BCUT2D eigenvalue weighted by atomic mass is 79.9. The zero-order valence-electron chi connectivity index (χ0n) is 12.2. The molecule has 7 nitrogen and oxygen atoms in total. The largest absolute Gasteiger partial charge is 0.525 e. The van der Waals surface area contributed by atoms with Gasteiger partial charge in [0.2, 0.25) is 0 Å². The Bertz CT molecular complexity index is 813. The van der Waals surface area contributed by atoms with Gasteiger partial charge in [-0.05, 0) is 34.1 Å². The second kappa shape index (κ2) is 7.11. The Morgan fingerprint density at radius 1 is 1.23 bits per heavy atom. The molecule has 14 heteroatoms. The average Bonchev–Trinajstić information content (AvgIpc) is 2.97. The molecule has 2 aromatic rings. The van der Waals surface area contributed by atoms with E-state index in [1.165, 1.54) is 0 Å². The molecule has 0 aliphatic heterocycles. The Morgan fingerprint density at radius 3 is 2.42 bits per heavy atom. The highest BCUT2D eigenvalue weighted by Crippen LogP contribution is 2.36. The first-order valence-electron chi connectivity index (χ1n) is 6.36. The van der Waals surface area contributed by atoms with Crippen LogP contribution in [0.4, 0.5) is 26.3 Å². The van der Waals surface area contributed by atoms with E-state index >= 15 is 0 Å². The highest BCUT2D eigenvalue weighted by molar-refractivity contribution is 9.10. The van der Waals surface area contributed by atoms with Crippen molar-refractivity contribution >= 4 is 21.8 Å². The lowest BCUT2D eigenvalue weighted by Gasteiger charge is -2.22. The van der Waals surface area contributed by atoms with Gasteiger partial charge in [0.05, 0.1) is 4.47 Å². The van der Waals surface area contributed by atoms with Crippen LogP contribution >= 0.6 is 15.9 Å². The number of alkyl halides is 6. The maximum Gasteiger partial charge on any atom is 0.525 e. The Hall–Kier alpha value is -2.35. The normalized spacial score (nSPS) is 13.5. The summed E-state index contributed by atoms with van der Waals surface area (Å²) in [7, 11) is 0. The number of carbonyl (C=O) groups excluding carboxylic acids is 1. The van der Waals surface area contributed by atoms with Crippen LogP contribution in [0.25, 0.3) is 11.3 Å². The number of aromatic nitrogens is 3. The fraction of sp³-hybridized carbons (Fsp3) is 0.250. The van der Waals surface area contributed by atoms with Gasteiger partial charge in [0, 0.05) is 5.56 Å². The van der Waals surface area contributed by atoms with Crippen LogP contribution in [0.5, 0.6) is 5.75 Å². The van der Waals surface area contributed by atoms with Crippen LogP contribution in [0, 0.1) is 0 Å². The first-order chi connectivity index (χ1) is 11.9. The van der Waals surface area contributed by atoms with E-state index in [0.717, 1.165) is 18.2 Å². The van der Waals surface area contributed by atoms with Crippen LogP contribution in [0.3, 0.4) is 0 Å². The van der Waals surface area contributed by atoms with Gasteiger partial charge >= 0.3 is 18.8 Å². The number of nitrogens with zero attached hydrogens (tertiary/aromatic N) is 2. The third-order valence-corrected chi connectivity index (χ3v) is 3.35. The summed E-state index contributed by atoms with van der Waals surface area (Å²) in [6.45, 7) is 0. The molecule has 1 unspecified atom stereocenters. The summed E-state index contributed by atoms with van der Waals surface area (Å²) in [5.74, 6) is -1.61. The quantitative estimate of drug-likeness (QED) is 0.660. The predicted molar refractivity (Wildman–Crippen MR) is 75.6 cm³/mol. The molecule has 0 aliphatic carbocycles. The zero-order chi connectivity index (χ0) is 19.7. The Morgan fingerprint density at radius 2 is 1.88 bits per heavy atom. The van der Waals surface area contributed by atoms with E-state index in [1.54, 1.807) is 0 Å². The van der Waals surface area contributed by atoms with E-state index in [4.69, 9.17) is 5.73 Å². The van der Waals surface area contributed by atoms with E-state index < -0.39 is 30.5 Å². The zero-order valence-corrected chi connectivity index (χ0v) is 13.7. The van der Waals surface area contributed by atoms with Crippen molar-refractivity contribution in [2.24, 2.45) is 5.73 Å². The summed E-state index contributed by atoms with van der Waals surface area (Å²) in [4.78, 5) is 11.2.